The summed E-state index contributed by atoms with van der Waals surface area (Å²) in [5.74, 6) is -0.852. The third-order valence-electron chi connectivity index (χ3n) is 6.05. The Bertz CT molecular complexity index is 1470. The molecule has 1 aliphatic heterocycles. The van der Waals surface area contributed by atoms with Crippen molar-refractivity contribution in [2.24, 2.45) is 0 Å². The van der Waals surface area contributed by atoms with Gasteiger partial charge in [0.2, 0.25) is 0 Å². The van der Waals surface area contributed by atoms with Crippen molar-refractivity contribution in [3.8, 4) is 0 Å². The lowest BCUT2D eigenvalue weighted by Crippen LogP contribution is -2.34. The quantitative estimate of drug-likeness (QED) is 0.232. The fourth-order valence-electron chi connectivity index (χ4n) is 4.27. The van der Waals surface area contributed by atoms with E-state index in [1.807, 2.05) is 72.8 Å². The first-order valence-electron chi connectivity index (χ1n) is 11.2. The van der Waals surface area contributed by atoms with E-state index in [4.69, 9.17) is 0 Å². The monoisotopic (exact) mass is 463 g/mol. The number of carbonyl (C=O) groups excluding carboxylic acids is 2. The number of hydrogen-bond acceptors (Lipinski definition) is 5. The van der Waals surface area contributed by atoms with Crippen LogP contribution in [0.15, 0.2) is 103 Å². The molecule has 0 aliphatic carbocycles. The van der Waals surface area contributed by atoms with Crippen LogP contribution in [0.2, 0.25) is 0 Å². The van der Waals surface area contributed by atoms with E-state index in [9.17, 15) is 19.7 Å². The van der Waals surface area contributed by atoms with Crippen molar-refractivity contribution in [2.45, 2.75) is 6.42 Å². The molecule has 0 radical (unpaired) electrons. The van der Waals surface area contributed by atoms with Crippen LogP contribution in [0.5, 0.6) is 0 Å². The molecule has 1 N–H and O–H groups in total. The molecule has 5 rings (SSSR count). The van der Waals surface area contributed by atoms with E-state index in [1.54, 1.807) is 0 Å². The molecule has 0 atom stereocenters. The average Bonchev–Trinajstić information content (AvgIpc) is 3.12. The number of hydrogen-bond donors (Lipinski definition) is 1. The van der Waals surface area contributed by atoms with Gasteiger partial charge in [0.25, 0.3) is 17.5 Å². The summed E-state index contributed by atoms with van der Waals surface area (Å²) in [5, 5.41) is 16.2. The van der Waals surface area contributed by atoms with Gasteiger partial charge in [-0.15, -0.1) is 0 Å². The first-order valence-corrected chi connectivity index (χ1v) is 11.2. The molecular weight excluding hydrogens is 442 g/mol. The van der Waals surface area contributed by atoms with Gasteiger partial charge in [-0.1, -0.05) is 66.7 Å². The number of benzene rings is 4. The van der Waals surface area contributed by atoms with Gasteiger partial charge in [0.1, 0.15) is 5.70 Å². The van der Waals surface area contributed by atoms with Crippen molar-refractivity contribution >= 4 is 39.5 Å². The van der Waals surface area contributed by atoms with E-state index in [0.29, 0.717) is 17.7 Å². The minimum absolute atomic E-state index is 0.0874. The number of anilines is 1. The van der Waals surface area contributed by atoms with Crippen molar-refractivity contribution in [3.05, 3.63) is 124 Å². The molecule has 0 aromatic heterocycles. The first-order chi connectivity index (χ1) is 17.0. The molecule has 7 heteroatoms. The van der Waals surface area contributed by atoms with Crippen LogP contribution in [-0.4, -0.2) is 28.2 Å². The number of amides is 2. The summed E-state index contributed by atoms with van der Waals surface area (Å²) in [6.07, 6.45) is 0.521. The summed E-state index contributed by atoms with van der Waals surface area (Å²) >= 11 is 0. The van der Waals surface area contributed by atoms with E-state index in [0.717, 1.165) is 16.3 Å². The second kappa shape index (κ2) is 9.23. The smallest absolute Gasteiger partial charge is 0.278 e. The van der Waals surface area contributed by atoms with Crippen LogP contribution in [-0.2, 0) is 16.0 Å². The summed E-state index contributed by atoms with van der Waals surface area (Å²) in [6, 6.07) is 28.8. The van der Waals surface area contributed by atoms with E-state index >= 15 is 0 Å². The maximum Gasteiger partial charge on any atom is 0.278 e. The fraction of sp³-hybridized carbons (Fsp3) is 0.0714. The van der Waals surface area contributed by atoms with Crippen molar-refractivity contribution in [2.75, 3.05) is 11.9 Å². The number of nitrogens with zero attached hydrogens (tertiary/aromatic N) is 2. The third-order valence-corrected chi connectivity index (χ3v) is 6.05. The predicted octanol–water partition coefficient (Wildman–Crippen LogP) is 5.18. The zero-order chi connectivity index (χ0) is 24.4. The minimum atomic E-state index is -0.499. The van der Waals surface area contributed by atoms with Gasteiger partial charge >= 0.3 is 0 Å². The fourth-order valence-corrected chi connectivity index (χ4v) is 4.27. The van der Waals surface area contributed by atoms with Crippen molar-refractivity contribution in [1.82, 2.24) is 4.90 Å². The molecule has 0 saturated carbocycles. The Morgan fingerprint density at radius 2 is 1.46 bits per heavy atom. The molecule has 0 saturated heterocycles. The second-order valence-electron chi connectivity index (χ2n) is 8.20. The molecule has 35 heavy (non-hydrogen) atoms. The van der Waals surface area contributed by atoms with Crippen LogP contribution in [0.4, 0.5) is 11.4 Å². The predicted molar refractivity (Wildman–Crippen MR) is 134 cm³/mol. The minimum Gasteiger partial charge on any atom is -0.350 e. The SMILES string of the molecule is O=C1C(Nc2cccc3ccccc23)=C(c2ccc([N+](=O)[O-])cc2)C(=O)N1CCc1ccccc1. The molecule has 2 amide bonds. The normalized spacial score (nSPS) is 13.5. The van der Waals surface area contributed by atoms with E-state index < -0.39 is 16.7 Å². The molecule has 0 fully saturated rings. The summed E-state index contributed by atoms with van der Waals surface area (Å²) in [6.45, 7) is 0.221. The highest BCUT2D eigenvalue weighted by molar-refractivity contribution is 6.36. The van der Waals surface area contributed by atoms with Crippen molar-refractivity contribution in [1.29, 1.82) is 0 Å². The summed E-state index contributed by atoms with van der Waals surface area (Å²) in [7, 11) is 0. The highest BCUT2D eigenvalue weighted by Crippen LogP contribution is 2.33. The average molecular weight is 463 g/mol. The second-order valence-corrected chi connectivity index (χ2v) is 8.20. The Morgan fingerprint density at radius 1 is 0.771 bits per heavy atom. The molecule has 0 bridgehead atoms. The highest BCUT2D eigenvalue weighted by Gasteiger charge is 2.39. The van der Waals surface area contributed by atoms with Crippen LogP contribution in [0, 0.1) is 10.1 Å². The zero-order valence-electron chi connectivity index (χ0n) is 18.7. The van der Waals surface area contributed by atoms with Crippen LogP contribution in [0.25, 0.3) is 16.3 Å². The number of nitro benzene ring substituents is 1. The standard InChI is InChI=1S/C28H21N3O4/c32-27-25(21-13-15-22(16-14-21)31(34)35)26(28(33)30(27)18-17-19-7-2-1-3-8-19)29-24-12-6-10-20-9-4-5-11-23(20)24/h1-16,29H,17-18H2. The lowest BCUT2D eigenvalue weighted by molar-refractivity contribution is -0.384. The van der Waals surface area contributed by atoms with Gasteiger partial charge in [-0.05, 0) is 41.1 Å². The summed E-state index contributed by atoms with van der Waals surface area (Å²) in [4.78, 5) is 38.8. The van der Waals surface area contributed by atoms with Crippen molar-refractivity contribution in [3.63, 3.8) is 0 Å². The number of fused-ring (bicyclic) bond motifs is 1. The molecule has 0 unspecified atom stereocenters. The molecule has 0 spiro atoms. The summed E-state index contributed by atoms with van der Waals surface area (Å²) < 4.78 is 0. The van der Waals surface area contributed by atoms with Gasteiger partial charge in [-0.2, -0.15) is 0 Å². The molecule has 172 valence electrons. The molecule has 1 aliphatic rings. The van der Waals surface area contributed by atoms with E-state index in [2.05, 4.69) is 5.32 Å². The van der Waals surface area contributed by atoms with Crippen LogP contribution >= 0.6 is 0 Å². The first kappa shape index (κ1) is 22.0. The maximum absolute atomic E-state index is 13.5. The lowest BCUT2D eigenvalue weighted by Gasteiger charge is -2.15. The number of nitrogens with one attached hydrogen (secondary N) is 1. The van der Waals surface area contributed by atoms with E-state index in [1.165, 1.54) is 29.2 Å². The largest absolute Gasteiger partial charge is 0.350 e. The number of carbonyl (C=O) groups is 2. The Morgan fingerprint density at radius 3 is 2.20 bits per heavy atom. The number of nitro groups is 1. The lowest BCUT2D eigenvalue weighted by atomic mass is 10.0. The topological polar surface area (TPSA) is 92.5 Å². The molecule has 7 nitrogen and oxygen atoms in total. The van der Waals surface area contributed by atoms with Crippen LogP contribution in [0.3, 0.4) is 0 Å². The van der Waals surface area contributed by atoms with Gasteiger partial charge in [0.15, 0.2) is 0 Å². The van der Waals surface area contributed by atoms with Gasteiger partial charge in [-0.25, -0.2) is 0 Å². The van der Waals surface area contributed by atoms with Crippen LogP contribution < -0.4 is 5.32 Å². The van der Waals surface area contributed by atoms with Crippen LogP contribution in [0.1, 0.15) is 11.1 Å². The Hall–Kier alpha value is -4.78. The molecule has 4 aromatic carbocycles. The zero-order valence-corrected chi connectivity index (χ0v) is 18.7. The molecular formula is C28H21N3O4. The Labute approximate surface area is 201 Å². The van der Waals surface area contributed by atoms with E-state index in [-0.39, 0.29) is 23.5 Å². The van der Waals surface area contributed by atoms with Gasteiger partial charge in [0.05, 0.1) is 10.5 Å². The van der Waals surface area contributed by atoms with Gasteiger partial charge in [0, 0.05) is 29.8 Å². The highest BCUT2D eigenvalue weighted by atomic mass is 16.6. The van der Waals surface area contributed by atoms with Gasteiger partial charge in [-0.3, -0.25) is 24.6 Å². The molecule has 1 heterocycles. The number of rotatable bonds is 7. The van der Waals surface area contributed by atoms with Gasteiger partial charge < -0.3 is 5.32 Å². The summed E-state index contributed by atoms with van der Waals surface area (Å²) in [5.41, 5.74) is 2.43. The van der Waals surface area contributed by atoms with Crippen molar-refractivity contribution < 1.29 is 14.5 Å². The maximum atomic E-state index is 13.5. The Balaban J connectivity index is 1.54. The number of imide groups is 1. The number of non-ortho nitro benzene ring substituents is 1. The Kier molecular flexibility index (Phi) is 5.81. The molecule has 4 aromatic rings. The third kappa shape index (κ3) is 4.27.